The van der Waals surface area contributed by atoms with E-state index >= 15 is 0 Å². The minimum absolute atomic E-state index is 0.153. The minimum Gasteiger partial charge on any atom is -0.508 e. The molecule has 1 N–H and O–H groups in total. The zero-order valence-corrected chi connectivity index (χ0v) is 4.45. The van der Waals surface area contributed by atoms with E-state index in [-0.39, 0.29) is 5.54 Å². The molecule has 0 amide bonds. The second-order valence-corrected chi connectivity index (χ2v) is 2.36. The molecule has 0 radical (unpaired) electrons. The number of hydrogen-bond donors (Lipinski definition) is 1. The van der Waals surface area contributed by atoms with Gasteiger partial charge in [0.2, 0.25) is 0 Å². The summed E-state index contributed by atoms with van der Waals surface area (Å²) in [6.45, 7) is 5.65. The zero-order valence-electron chi connectivity index (χ0n) is 4.45. The molecule has 0 aromatic carbocycles. The summed E-state index contributed by atoms with van der Waals surface area (Å²) in [5.41, 5.74) is 8.00. The summed E-state index contributed by atoms with van der Waals surface area (Å²) in [4.78, 5) is 0. The highest BCUT2D eigenvalue weighted by molar-refractivity contribution is 4.49. The maximum Gasteiger partial charge on any atom is 0.140 e. The second-order valence-electron chi connectivity index (χ2n) is 2.36. The van der Waals surface area contributed by atoms with Crippen LogP contribution in [0.15, 0.2) is 0 Å². The highest BCUT2D eigenvalue weighted by Gasteiger charge is 2.06. The molecule has 0 saturated heterocycles. The van der Waals surface area contributed by atoms with Gasteiger partial charge in [-0.1, -0.05) is 0 Å². The number of nitrogens with zero attached hydrogens (tertiary/aromatic N) is 1. The quantitative estimate of drug-likeness (QED) is 0.399. The SMILES string of the molecule is CC(C)(C)[NH+]=[N-]. The van der Waals surface area contributed by atoms with Crippen molar-refractivity contribution in [2.45, 2.75) is 26.3 Å². The van der Waals surface area contributed by atoms with E-state index in [1.54, 1.807) is 0 Å². The number of hydrogen-bond acceptors (Lipinski definition) is 0. The van der Waals surface area contributed by atoms with Gasteiger partial charge >= 0.3 is 0 Å². The van der Waals surface area contributed by atoms with E-state index in [4.69, 9.17) is 5.53 Å². The van der Waals surface area contributed by atoms with E-state index in [2.05, 4.69) is 5.11 Å². The average molecular weight is 86.1 g/mol. The van der Waals surface area contributed by atoms with E-state index in [1.807, 2.05) is 20.8 Å². The molecule has 0 aliphatic heterocycles. The van der Waals surface area contributed by atoms with Crippen LogP contribution in [-0.4, -0.2) is 5.54 Å². The molecule has 0 fully saturated rings. The zero-order chi connectivity index (χ0) is 5.21. The van der Waals surface area contributed by atoms with Gasteiger partial charge < -0.3 is 10.6 Å². The van der Waals surface area contributed by atoms with E-state index in [9.17, 15) is 0 Å². The van der Waals surface area contributed by atoms with Crippen molar-refractivity contribution < 1.29 is 5.11 Å². The maximum atomic E-state index is 8.15. The van der Waals surface area contributed by atoms with E-state index < -0.39 is 0 Å². The van der Waals surface area contributed by atoms with Gasteiger partial charge in [0.05, 0.1) is 0 Å². The molecule has 0 bridgehead atoms. The first-order valence-corrected chi connectivity index (χ1v) is 1.97. The smallest absolute Gasteiger partial charge is 0.140 e. The Kier molecular flexibility index (Phi) is 1.28. The van der Waals surface area contributed by atoms with E-state index in [1.165, 1.54) is 0 Å². The van der Waals surface area contributed by atoms with Crippen LogP contribution in [0.2, 0.25) is 0 Å². The summed E-state index contributed by atoms with van der Waals surface area (Å²) in [5, 5.41) is 2.10. The number of rotatable bonds is 0. The largest absolute Gasteiger partial charge is 0.508 e. The van der Waals surface area contributed by atoms with Gasteiger partial charge in [0, 0.05) is 0 Å². The monoisotopic (exact) mass is 86.1 g/mol. The molecule has 0 aliphatic rings. The van der Waals surface area contributed by atoms with Gasteiger partial charge in [-0.2, -0.15) is 0 Å². The lowest BCUT2D eigenvalue weighted by Crippen LogP contribution is -2.77. The van der Waals surface area contributed by atoms with Crippen LogP contribution in [0.1, 0.15) is 20.8 Å². The Morgan fingerprint density at radius 1 is 1.33 bits per heavy atom. The first-order valence-electron chi connectivity index (χ1n) is 1.97. The molecule has 0 aromatic rings. The lowest BCUT2D eigenvalue weighted by molar-refractivity contribution is -0.559. The van der Waals surface area contributed by atoms with Crippen LogP contribution < -0.4 is 5.11 Å². The van der Waals surface area contributed by atoms with Crippen LogP contribution in [0, 0.1) is 0 Å². The van der Waals surface area contributed by atoms with Crippen LogP contribution in [0.25, 0.3) is 5.53 Å². The van der Waals surface area contributed by atoms with Crippen LogP contribution in [0.5, 0.6) is 0 Å². The standard InChI is InChI=1S/C4H10N2/c1-4(2,3)6-5/h6H,1-3H3. The minimum atomic E-state index is -0.153. The van der Waals surface area contributed by atoms with Gasteiger partial charge in [0.15, 0.2) is 0 Å². The molecule has 6 heavy (non-hydrogen) atoms. The molecule has 0 unspecified atom stereocenters. The summed E-state index contributed by atoms with van der Waals surface area (Å²) in [6.07, 6.45) is 0. The maximum absolute atomic E-state index is 8.15. The fourth-order valence-electron chi connectivity index (χ4n) is 0. The van der Waals surface area contributed by atoms with Gasteiger partial charge in [0.25, 0.3) is 0 Å². The molecular weight excluding hydrogens is 76.1 g/mol. The number of nitrogens with one attached hydrogen (secondary N) is 1. The Bertz CT molecular complexity index is 51.1. The molecule has 2 heteroatoms. The van der Waals surface area contributed by atoms with Crippen LogP contribution >= 0.6 is 0 Å². The van der Waals surface area contributed by atoms with Crippen molar-refractivity contribution in [2.24, 2.45) is 0 Å². The molecule has 0 spiro atoms. The lowest BCUT2D eigenvalue weighted by atomic mass is 10.1. The molecule has 0 aromatic heterocycles. The summed E-state index contributed by atoms with van der Waals surface area (Å²) < 4.78 is 0. The van der Waals surface area contributed by atoms with Crippen LogP contribution in [0.4, 0.5) is 0 Å². The highest BCUT2D eigenvalue weighted by atomic mass is 15.0. The third-order valence-electron chi connectivity index (χ3n) is 0.335. The van der Waals surface area contributed by atoms with Gasteiger partial charge in [-0.25, -0.2) is 0 Å². The predicted octanol–water partition coefficient (Wildman–Crippen LogP) is -0.113. The van der Waals surface area contributed by atoms with Crippen molar-refractivity contribution in [3.05, 3.63) is 5.53 Å². The molecule has 36 valence electrons. The third-order valence-corrected chi connectivity index (χ3v) is 0.335. The Hall–Kier alpha value is -0.400. The first-order chi connectivity index (χ1) is 2.56. The summed E-state index contributed by atoms with van der Waals surface area (Å²) in [6, 6.07) is 0. The third kappa shape index (κ3) is 3.60. The van der Waals surface area contributed by atoms with Crippen molar-refractivity contribution in [3.63, 3.8) is 0 Å². The predicted molar refractivity (Wildman–Crippen MR) is 24.1 cm³/mol. The molecule has 0 aliphatic carbocycles. The molecule has 0 atom stereocenters. The lowest BCUT2D eigenvalue weighted by Gasteiger charge is -2.04. The van der Waals surface area contributed by atoms with Crippen molar-refractivity contribution in [1.82, 2.24) is 0 Å². The van der Waals surface area contributed by atoms with E-state index in [0.29, 0.717) is 0 Å². The highest BCUT2D eigenvalue weighted by Crippen LogP contribution is 1.85. The molecule has 0 saturated carbocycles. The topological polar surface area (TPSA) is 36.3 Å². The van der Waals surface area contributed by atoms with Gasteiger partial charge in [-0.05, 0) is 20.8 Å². The summed E-state index contributed by atoms with van der Waals surface area (Å²) in [7, 11) is 0. The fourth-order valence-corrected chi connectivity index (χ4v) is 0. The average Bonchev–Trinajstić information content (AvgIpc) is 1.35. The molecule has 0 rings (SSSR count). The molecule has 2 nitrogen and oxygen atoms in total. The van der Waals surface area contributed by atoms with Gasteiger partial charge in [-0.15, -0.1) is 0 Å². The van der Waals surface area contributed by atoms with Crippen molar-refractivity contribution in [3.8, 4) is 0 Å². The van der Waals surface area contributed by atoms with Crippen molar-refractivity contribution in [1.29, 1.82) is 0 Å². The first kappa shape index (κ1) is 5.60. The fraction of sp³-hybridized carbons (Fsp3) is 1.00. The Morgan fingerprint density at radius 3 is 1.50 bits per heavy atom. The Balaban J connectivity index is 3.45. The summed E-state index contributed by atoms with van der Waals surface area (Å²) in [5.74, 6) is 0. The Morgan fingerprint density at radius 2 is 1.50 bits per heavy atom. The van der Waals surface area contributed by atoms with E-state index in [0.717, 1.165) is 0 Å². The summed E-state index contributed by atoms with van der Waals surface area (Å²) >= 11 is 0. The molecular formula is C4H10N2. The second kappa shape index (κ2) is 1.37. The van der Waals surface area contributed by atoms with Crippen LogP contribution in [0.3, 0.4) is 0 Å². The van der Waals surface area contributed by atoms with Crippen molar-refractivity contribution >= 4 is 0 Å². The Labute approximate surface area is 38.1 Å². The van der Waals surface area contributed by atoms with Gasteiger partial charge in [0.1, 0.15) is 5.54 Å². The van der Waals surface area contributed by atoms with Gasteiger partial charge in [-0.3, -0.25) is 0 Å². The van der Waals surface area contributed by atoms with Crippen molar-refractivity contribution in [2.75, 3.05) is 0 Å². The van der Waals surface area contributed by atoms with Crippen LogP contribution in [-0.2, 0) is 0 Å². The normalized spacial score (nSPS) is 11.2. The molecule has 0 heterocycles.